The third-order valence-corrected chi connectivity index (χ3v) is 9.14. The van der Waals surface area contributed by atoms with Crippen LogP contribution in [-0.2, 0) is 4.79 Å². The van der Waals surface area contributed by atoms with Gasteiger partial charge in [-0.25, -0.2) is 0 Å². The Morgan fingerprint density at radius 2 is 1.79 bits per heavy atom. The van der Waals surface area contributed by atoms with Crippen molar-refractivity contribution in [1.82, 2.24) is 0 Å². The molecule has 3 nitrogen and oxygen atoms in total. The molecule has 0 saturated heterocycles. The lowest BCUT2D eigenvalue weighted by molar-refractivity contribution is -0.175. The highest BCUT2D eigenvalue weighted by molar-refractivity contribution is 5.76. The van der Waals surface area contributed by atoms with E-state index < -0.39 is 17.5 Å². The monoisotopic (exact) mass is 334 g/mol. The summed E-state index contributed by atoms with van der Waals surface area (Å²) < 4.78 is 0. The minimum absolute atomic E-state index is 0.0437. The first-order valence-corrected chi connectivity index (χ1v) is 10.3. The molecule has 0 aromatic rings. The van der Waals surface area contributed by atoms with E-state index in [1.54, 1.807) is 0 Å². The minimum atomic E-state index is -0.646. The number of carboxylic acids is 1. The highest BCUT2D eigenvalue weighted by Gasteiger charge is 2.65. The molecule has 0 heterocycles. The molecule has 24 heavy (non-hydrogen) atoms. The van der Waals surface area contributed by atoms with Crippen molar-refractivity contribution in [2.75, 3.05) is 0 Å². The standard InChI is InChI=1S/C21H34O3/c1-13(22)16-8-9-18-15-7-6-14-5-3-4-11-20(14,2)17(15)10-12-21(16,18)19(23)24/h13-18,22H,3-12H2,1-2H3,(H,23,24). The number of aliphatic hydroxyl groups excluding tert-OH is 1. The van der Waals surface area contributed by atoms with Crippen LogP contribution in [0.3, 0.4) is 0 Å². The lowest BCUT2D eigenvalue weighted by Gasteiger charge is -2.60. The first-order valence-electron chi connectivity index (χ1n) is 10.3. The third-order valence-electron chi connectivity index (χ3n) is 9.14. The molecule has 0 spiro atoms. The molecule has 8 unspecified atom stereocenters. The molecule has 0 aliphatic heterocycles. The molecule has 0 aromatic carbocycles. The van der Waals surface area contributed by atoms with Crippen LogP contribution in [0.1, 0.15) is 78.1 Å². The van der Waals surface area contributed by atoms with Crippen LogP contribution in [0.25, 0.3) is 0 Å². The summed E-state index contributed by atoms with van der Waals surface area (Å²) in [5.41, 5.74) is -0.193. The van der Waals surface area contributed by atoms with Crippen molar-refractivity contribution in [3.8, 4) is 0 Å². The summed E-state index contributed by atoms with van der Waals surface area (Å²) >= 11 is 0. The molecule has 4 aliphatic carbocycles. The molecule has 4 rings (SSSR count). The van der Waals surface area contributed by atoms with E-state index in [9.17, 15) is 15.0 Å². The lowest BCUT2D eigenvalue weighted by atomic mass is 9.44. The first-order chi connectivity index (χ1) is 11.4. The molecule has 4 saturated carbocycles. The topological polar surface area (TPSA) is 57.5 Å². The zero-order valence-electron chi connectivity index (χ0n) is 15.3. The molecule has 2 N–H and O–H groups in total. The van der Waals surface area contributed by atoms with Gasteiger partial charge < -0.3 is 10.2 Å². The zero-order valence-corrected chi connectivity index (χ0v) is 15.3. The van der Waals surface area contributed by atoms with Gasteiger partial charge in [-0.15, -0.1) is 0 Å². The predicted octanol–water partition coefficient (Wildman–Crippen LogP) is 4.48. The maximum absolute atomic E-state index is 12.4. The molecule has 4 aliphatic rings. The number of carbonyl (C=O) groups is 1. The molecular formula is C21H34O3. The van der Waals surface area contributed by atoms with Gasteiger partial charge >= 0.3 is 5.97 Å². The van der Waals surface area contributed by atoms with E-state index in [4.69, 9.17) is 0 Å². The Kier molecular flexibility index (Phi) is 4.02. The van der Waals surface area contributed by atoms with Gasteiger partial charge in [0.1, 0.15) is 0 Å². The van der Waals surface area contributed by atoms with Crippen LogP contribution < -0.4 is 0 Å². The minimum Gasteiger partial charge on any atom is -0.481 e. The number of aliphatic carboxylic acids is 1. The normalized spacial score (nSPS) is 52.0. The number of rotatable bonds is 2. The molecule has 0 aromatic heterocycles. The molecule has 4 fully saturated rings. The molecule has 8 atom stereocenters. The quantitative estimate of drug-likeness (QED) is 0.783. The maximum Gasteiger partial charge on any atom is 0.310 e. The van der Waals surface area contributed by atoms with Crippen LogP contribution >= 0.6 is 0 Å². The van der Waals surface area contributed by atoms with Gasteiger partial charge in [-0.3, -0.25) is 4.79 Å². The van der Waals surface area contributed by atoms with E-state index in [0.29, 0.717) is 17.3 Å². The summed E-state index contributed by atoms with van der Waals surface area (Å²) in [6.45, 7) is 4.34. The molecule has 0 radical (unpaired) electrons. The van der Waals surface area contributed by atoms with Gasteiger partial charge in [0.05, 0.1) is 11.5 Å². The Balaban J connectivity index is 1.68. The second kappa shape index (κ2) is 5.72. The molecule has 0 bridgehead atoms. The highest BCUT2D eigenvalue weighted by Crippen LogP contribution is 2.67. The van der Waals surface area contributed by atoms with Crippen molar-refractivity contribution in [2.24, 2.45) is 40.4 Å². The van der Waals surface area contributed by atoms with Gasteiger partial charge in [0, 0.05) is 5.92 Å². The summed E-state index contributed by atoms with van der Waals surface area (Å²) in [4.78, 5) is 12.4. The summed E-state index contributed by atoms with van der Waals surface area (Å²) in [6, 6.07) is 0. The van der Waals surface area contributed by atoms with Gasteiger partial charge in [0.15, 0.2) is 0 Å². The van der Waals surface area contributed by atoms with E-state index in [-0.39, 0.29) is 5.92 Å². The Morgan fingerprint density at radius 1 is 1.00 bits per heavy atom. The Bertz CT molecular complexity index is 515. The van der Waals surface area contributed by atoms with Gasteiger partial charge in [-0.05, 0) is 87.4 Å². The zero-order chi connectivity index (χ0) is 17.1. The fourth-order valence-corrected chi connectivity index (χ4v) is 8.11. The second-order valence-corrected chi connectivity index (χ2v) is 9.71. The number of aliphatic hydroxyl groups is 1. The molecular weight excluding hydrogens is 300 g/mol. The summed E-state index contributed by atoms with van der Waals surface area (Å²) in [5, 5.41) is 20.5. The molecule has 0 amide bonds. The maximum atomic E-state index is 12.4. The summed E-state index contributed by atoms with van der Waals surface area (Å²) in [7, 11) is 0. The van der Waals surface area contributed by atoms with Gasteiger partial charge in [-0.1, -0.05) is 19.8 Å². The molecule has 136 valence electrons. The van der Waals surface area contributed by atoms with Crippen molar-refractivity contribution < 1.29 is 15.0 Å². The molecule has 3 heteroatoms. The SMILES string of the molecule is CC(O)C1CCC2C3CCC4CCCCC4(C)C3CCC12C(=O)O. The average molecular weight is 335 g/mol. The van der Waals surface area contributed by atoms with E-state index in [1.165, 1.54) is 38.5 Å². The van der Waals surface area contributed by atoms with Crippen LogP contribution in [-0.4, -0.2) is 22.3 Å². The van der Waals surface area contributed by atoms with Crippen molar-refractivity contribution in [3.63, 3.8) is 0 Å². The van der Waals surface area contributed by atoms with E-state index in [1.807, 2.05) is 6.92 Å². The van der Waals surface area contributed by atoms with Crippen molar-refractivity contribution in [3.05, 3.63) is 0 Å². The Labute approximate surface area is 146 Å². The first kappa shape index (κ1) is 16.9. The summed E-state index contributed by atoms with van der Waals surface area (Å²) in [5.74, 6) is 1.81. The average Bonchev–Trinajstić information content (AvgIpc) is 2.95. The Morgan fingerprint density at radius 3 is 2.50 bits per heavy atom. The number of hydrogen-bond acceptors (Lipinski definition) is 2. The van der Waals surface area contributed by atoms with Crippen LogP contribution in [0, 0.1) is 40.4 Å². The predicted molar refractivity (Wildman–Crippen MR) is 93.5 cm³/mol. The van der Waals surface area contributed by atoms with Gasteiger partial charge in [0.25, 0.3) is 0 Å². The fourth-order valence-electron chi connectivity index (χ4n) is 8.11. The van der Waals surface area contributed by atoms with Crippen LogP contribution in [0.2, 0.25) is 0 Å². The number of hydrogen-bond donors (Lipinski definition) is 2. The highest BCUT2D eigenvalue weighted by atomic mass is 16.4. The van der Waals surface area contributed by atoms with Crippen LogP contribution in [0.5, 0.6) is 0 Å². The van der Waals surface area contributed by atoms with Crippen molar-refractivity contribution in [1.29, 1.82) is 0 Å². The largest absolute Gasteiger partial charge is 0.481 e. The van der Waals surface area contributed by atoms with Crippen LogP contribution in [0.4, 0.5) is 0 Å². The van der Waals surface area contributed by atoms with E-state index in [0.717, 1.165) is 37.5 Å². The van der Waals surface area contributed by atoms with Gasteiger partial charge in [0.2, 0.25) is 0 Å². The van der Waals surface area contributed by atoms with Crippen molar-refractivity contribution in [2.45, 2.75) is 84.2 Å². The van der Waals surface area contributed by atoms with Crippen molar-refractivity contribution >= 4 is 5.97 Å². The fraction of sp³-hybridized carbons (Fsp3) is 0.952. The smallest absolute Gasteiger partial charge is 0.310 e. The number of fused-ring (bicyclic) bond motifs is 5. The third kappa shape index (κ3) is 2.09. The second-order valence-electron chi connectivity index (χ2n) is 9.71. The lowest BCUT2D eigenvalue weighted by Crippen LogP contribution is -2.56. The van der Waals surface area contributed by atoms with E-state index >= 15 is 0 Å². The number of carboxylic acid groups (broad SMARTS) is 1. The Hall–Kier alpha value is -0.570. The van der Waals surface area contributed by atoms with E-state index in [2.05, 4.69) is 6.92 Å². The van der Waals surface area contributed by atoms with Gasteiger partial charge in [-0.2, -0.15) is 0 Å². The van der Waals surface area contributed by atoms with Crippen LogP contribution in [0.15, 0.2) is 0 Å². The summed E-state index contributed by atoms with van der Waals surface area (Å²) in [6.07, 6.45) is 11.3.